The summed E-state index contributed by atoms with van der Waals surface area (Å²) in [4.78, 5) is 19.7. The lowest BCUT2D eigenvalue weighted by molar-refractivity contribution is -0.134. The van der Waals surface area contributed by atoms with Gasteiger partial charge in [0.2, 0.25) is 5.91 Å². The fourth-order valence-corrected chi connectivity index (χ4v) is 5.07. The van der Waals surface area contributed by atoms with E-state index in [2.05, 4.69) is 89.2 Å². The highest BCUT2D eigenvalue weighted by Crippen LogP contribution is 2.28. The van der Waals surface area contributed by atoms with Crippen molar-refractivity contribution in [3.05, 3.63) is 71.8 Å². The van der Waals surface area contributed by atoms with Crippen molar-refractivity contribution in [2.45, 2.75) is 32.9 Å². The van der Waals surface area contributed by atoms with Crippen molar-refractivity contribution in [1.82, 2.24) is 14.7 Å². The number of hydrogen-bond acceptors (Lipinski definition) is 3. The van der Waals surface area contributed by atoms with E-state index in [1.807, 2.05) is 0 Å². The first-order valence-electron chi connectivity index (χ1n) is 11.9. The van der Waals surface area contributed by atoms with Crippen molar-refractivity contribution in [2.24, 2.45) is 0 Å². The van der Waals surface area contributed by atoms with Crippen molar-refractivity contribution in [2.75, 3.05) is 39.3 Å². The van der Waals surface area contributed by atoms with E-state index in [0.29, 0.717) is 12.6 Å². The standard InChI is InChI=1S/C28H33N3O/c1-21(2)30-13-15-31(16-14-30)28(32)20-29-12-11-26-18-25(9-10-27(26)19-29)24-8-7-22-5-3-4-6-23(22)17-24/h3-10,17-18,21H,11-16,19-20H2,1-2H3. The monoisotopic (exact) mass is 427 g/mol. The fraction of sp³-hybridized carbons (Fsp3) is 0.393. The van der Waals surface area contributed by atoms with Crippen molar-refractivity contribution in [3.8, 4) is 11.1 Å². The van der Waals surface area contributed by atoms with Crippen LogP contribution >= 0.6 is 0 Å². The van der Waals surface area contributed by atoms with E-state index in [4.69, 9.17) is 0 Å². The first-order valence-corrected chi connectivity index (χ1v) is 11.9. The molecule has 0 unspecified atom stereocenters. The molecule has 0 bridgehead atoms. The van der Waals surface area contributed by atoms with Gasteiger partial charge in [0.15, 0.2) is 0 Å². The zero-order valence-electron chi connectivity index (χ0n) is 19.3. The van der Waals surface area contributed by atoms with Crippen LogP contribution in [0.15, 0.2) is 60.7 Å². The molecule has 3 aromatic carbocycles. The third-order valence-corrected chi connectivity index (χ3v) is 7.14. The lowest BCUT2D eigenvalue weighted by Gasteiger charge is -2.38. The molecule has 0 spiro atoms. The number of hydrogen-bond donors (Lipinski definition) is 0. The molecule has 0 atom stereocenters. The number of fused-ring (bicyclic) bond motifs is 2. The van der Waals surface area contributed by atoms with Gasteiger partial charge in [0.05, 0.1) is 6.54 Å². The van der Waals surface area contributed by atoms with Gasteiger partial charge in [-0.15, -0.1) is 0 Å². The third kappa shape index (κ3) is 4.43. The molecule has 1 saturated heterocycles. The van der Waals surface area contributed by atoms with E-state index in [9.17, 15) is 4.79 Å². The van der Waals surface area contributed by atoms with Gasteiger partial charge in [-0.1, -0.05) is 54.6 Å². The molecule has 0 radical (unpaired) electrons. The Morgan fingerprint density at radius 1 is 0.812 bits per heavy atom. The van der Waals surface area contributed by atoms with Gasteiger partial charge < -0.3 is 4.90 Å². The van der Waals surface area contributed by atoms with E-state index in [-0.39, 0.29) is 5.91 Å². The normalized spacial score (nSPS) is 17.7. The quantitative estimate of drug-likeness (QED) is 0.617. The summed E-state index contributed by atoms with van der Waals surface area (Å²) in [6.45, 7) is 10.5. The van der Waals surface area contributed by atoms with Gasteiger partial charge in [-0.3, -0.25) is 14.6 Å². The predicted molar refractivity (Wildman–Crippen MR) is 132 cm³/mol. The van der Waals surface area contributed by atoms with Crippen molar-refractivity contribution < 1.29 is 4.79 Å². The molecule has 0 N–H and O–H groups in total. The van der Waals surface area contributed by atoms with Crippen LogP contribution in [0.2, 0.25) is 0 Å². The molecule has 4 heteroatoms. The summed E-state index contributed by atoms with van der Waals surface area (Å²) in [6.07, 6.45) is 1.01. The summed E-state index contributed by atoms with van der Waals surface area (Å²) in [5, 5.41) is 2.56. The fourth-order valence-electron chi connectivity index (χ4n) is 5.07. The highest BCUT2D eigenvalue weighted by Gasteiger charge is 2.25. The SMILES string of the molecule is CC(C)N1CCN(C(=O)CN2CCc3cc(-c4ccc5ccccc5c4)ccc3C2)CC1. The lowest BCUT2D eigenvalue weighted by atomic mass is 9.93. The van der Waals surface area contributed by atoms with Gasteiger partial charge >= 0.3 is 0 Å². The number of carbonyl (C=O) groups excluding carboxylic acids is 1. The molecule has 2 aliphatic heterocycles. The number of piperazine rings is 1. The molecule has 2 aliphatic rings. The minimum absolute atomic E-state index is 0.282. The molecule has 2 heterocycles. The zero-order valence-corrected chi connectivity index (χ0v) is 19.3. The van der Waals surface area contributed by atoms with Crippen molar-refractivity contribution in [1.29, 1.82) is 0 Å². The second kappa shape index (κ2) is 9.05. The van der Waals surface area contributed by atoms with E-state index in [1.165, 1.54) is 33.0 Å². The number of nitrogens with zero attached hydrogens (tertiary/aromatic N) is 3. The Labute approximate surface area is 191 Å². The van der Waals surface area contributed by atoms with Gasteiger partial charge in [0.25, 0.3) is 0 Å². The van der Waals surface area contributed by atoms with E-state index >= 15 is 0 Å². The molecule has 4 nitrogen and oxygen atoms in total. The average Bonchev–Trinajstić information content (AvgIpc) is 2.83. The summed E-state index contributed by atoms with van der Waals surface area (Å²) in [7, 11) is 0. The van der Waals surface area contributed by atoms with Crippen molar-refractivity contribution in [3.63, 3.8) is 0 Å². The Bertz CT molecular complexity index is 1110. The van der Waals surface area contributed by atoms with Crippen LogP contribution in [0.5, 0.6) is 0 Å². The minimum atomic E-state index is 0.282. The molecule has 0 saturated carbocycles. The van der Waals surface area contributed by atoms with Crippen LogP contribution < -0.4 is 0 Å². The first kappa shape index (κ1) is 21.2. The Morgan fingerprint density at radius 3 is 2.31 bits per heavy atom. The zero-order chi connectivity index (χ0) is 22.1. The maximum absolute atomic E-state index is 12.9. The summed E-state index contributed by atoms with van der Waals surface area (Å²) in [6, 6.07) is 22.6. The molecule has 32 heavy (non-hydrogen) atoms. The van der Waals surface area contributed by atoms with E-state index in [1.54, 1.807) is 0 Å². The molecule has 166 valence electrons. The second-order valence-corrected chi connectivity index (χ2v) is 9.52. The largest absolute Gasteiger partial charge is 0.339 e. The molecule has 0 aromatic heterocycles. The Kier molecular flexibility index (Phi) is 5.99. The number of rotatable bonds is 4. The van der Waals surface area contributed by atoms with Gasteiger partial charge in [-0.05, 0) is 59.4 Å². The minimum Gasteiger partial charge on any atom is -0.339 e. The molecule has 0 aliphatic carbocycles. The molecular formula is C28H33N3O. The topological polar surface area (TPSA) is 26.8 Å². The highest BCUT2D eigenvalue weighted by atomic mass is 16.2. The Balaban J connectivity index is 1.23. The van der Waals surface area contributed by atoms with Crippen LogP contribution in [0.3, 0.4) is 0 Å². The smallest absolute Gasteiger partial charge is 0.236 e. The second-order valence-electron chi connectivity index (χ2n) is 9.52. The molecule has 5 rings (SSSR count). The summed E-state index contributed by atoms with van der Waals surface area (Å²) >= 11 is 0. The predicted octanol–water partition coefficient (Wildman–Crippen LogP) is 4.42. The highest BCUT2D eigenvalue weighted by molar-refractivity contribution is 5.87. The van der Waals surface area contributed by atoms with Crippen LogP contribution in [0.1, 0.15) is 25.0 Å². The lowest BCUT2D eigenvalue weighted by Crippen LogP contribution is -2.53. The van der Waals surface area contributed by atoms with E-state index in [0.717, 1.165) is 45.7 Å². The first-order chi connectivity index (χ1) is 15.6. The van der Waals surface area contributed by atoms with Crippen LogP contribution in [0, 0.1) is 0 Å². The molecule has 1 amide bonds. The van der Waals surface area contributed by atoms with Gasteiger partial charge in [-0.25, -0.2) is 0 Å². The maximum Gasteiger partial charge on any atom is 0.236 e. The molecule has 3 aromatic rings. The summed E-state index contributed by atoms with van der Waals surface area (Å²) in [5.74, 6) is 0.282. The van der Waals surface area contributed by atoms with Gasteiger partial charge in [0, 0.05) is 45.3 Å². The average molecular weight is 428 g/mol. The van der Waals surface area contributed by atoms with E-state index < -0.39 is 0 Å². The van der Waals surface area contributed by atoms with Gasteiger partial charge in [0.1, 0.15) is 0 Å². The van der Waals surface area contributed by atoms with Crippen LogP contribution in [0.25, 0.3) is 21.9 Å². The van der Waals surface area contributed by atoms with Crippen LogP contribution in [-0.4, -0.2) is 65.9 Å². The summed E-state index contributed by atoms with van der Waals surface area (Å²) in [5.41, 5.74) is 5.33. The molecule has 1 fully saturated rings. The number of carbonyl (C=O) groups is 1. The third-order valence-electron chi connectivity index (χ3n) is 7.14. The van der Waals surface area contributed by atoms with Crippen molar-refractivity contribution >= 4 is 16.7 Å². The number of benzene rings is 3. The van der Waals surface area contributed by atoms with Crippen LogP contribution in [-0.2, 0) is 17.8 Å². The number of amides is 1. The maximum atomic E-state index is 12.9. The molecular weight excluding hydrogens is 394 g/mol. The van der Waals surface area contributed by atoms with Gasteiger partial charge in [-0.2, -0.15) is 0 Å². The van der Waals surface area contributed by atoms with Crippen LogP contribution in [0.4, 0.5) is 0 Å². The summed E-state index contributed by atoms with van der Waals surface area (Å²) < 4.78 is 0. The Hall–Kier alpha value is -2.69. The Morgan fingerprint density at radius 2 is 1.53 bits per heavy atom.